The summed E-state index contributed by atoms with van der Waals surface area (Å²) in [5.74, 6) is -0.203. The van der Waals surface area contributed by atoms with Gasteiger partial charge in [0, 0.05) is 11.4 Å². The van der Waals surface area contributed by atoms with Gasteiger partial charge in [0.1, 0.15) is 0 Å². The van der Waals surface area contributed by atoms with Gasteiger partial charge in [-0.2, -0.15) is 4.39 Å². The average molecular weight is 274 g/mol. The van der Waals surface area contributed by atoms with E-state index in [-0.39, 0.29) is 11.3 Å². The van der Waals surface area contributed by atoms with Gasteiger partial charge in [-0.05, 0) is 36.8 Å². The number of nitro groups is 1. The molecule has 1 aromatic rings. The van der Waals surface area contributed by atoms with E-state index in [2.05, 4.69) is 13.8 Å². The van der Waals surface area contributed by atoms with Gasteiger partial charge in [0.2, 0.25) is 5.82 Å². The normalized spacial score (nSPS) is 14.6. The van der Waals surface area contributed by atoms with Crippen molar-refractivity contribution in [1.82, 2.24) is 0 Å². The number of rotatable bonds is 5. The van der Waals surface area contributed by atoms with Crippen molar-refractivity contribution in [2.75, 3.05) is 0 Å². The Morgan fingerprint density at radius 3 is 2.39 bits per heavy atom. The molecule has 0 radical (unpaired) electrons. The molecule has 0 bridgehead atoms. The maximum Gasteiger partial charge on any atom is 0.304 e. The summed E-state index contributed by atoms with van der Waals surface area (Å²) in [7, 11) is 0. The molecule has 0 aliphatic heterocycles. The first-order chi connectivity index (χ1) is 8.32. The molecule has 18 heavy (non-hydrogen) atoms. The first-order valence-corrected chi connectivity index (χ1v) is 6.33. The Bertz CT molecular complexity index is 427. The van der Waals surface area contributed by atoms with Crippen LogP contribution < -0.4 is 0 Å². The molecule has 3 nitrogen and oxygen atoms in total. The third-order valence-corrected chi connectivity index (χ3v) is 3.45. The lowest BCUT2D eigenvalue weighted by Gasteiger charge is -2.23. The van der Waals surface area contributed by atoms with Crippen LogP contribution in [0.1, 0.15) is 26.3 Å². The average Bonchev–Trinajstić information content (AvgIpc) is 2.24. The van der Waals surface area contributed by atoms with Crippen LogP contribution in [-0.2, 0) is 6.42 Å². The number of hydrogen-bond donors (Lipinski definition) is 0. The summed E-state index contributed by atoms with van der Waals surface area (Å²) < 4.78 is 13.5. The molecule has 0 saturated heterocycles. The van der Waals surface area contributed by atoms with Gasteiger partial charge in [-0.3, -0.25) is 10.1 Å². The number of halogens is 2. The van der Waals surface area contributed by atoms with E-state index in [1.807, 2.05) is 6.92 Å². The smallest absolute Gasteiger partial charge is 0.258 e. The molecule has 0 aliphatic carbocycles. The van der Waals surface area contributed by atoms with Crippen molar-refractivity contribution in [2.24, 2.45) is 11.8 Å². The van der Waals surface area contributed by atoms with Gasteiger partial charge in [-0.25, -0.2) is 0 Å². The topological polar surface area (TPSA) is 43.1 Å². The molecule has 0 saturated carbocycles. The summed E-state index contributed by atoms with van der Waals surface area (Å²) in [6, 6.07) is 4.03. The molecule has 0 aliphatic rings. The van der Waals surface area contributed by atoms with E-state index in [4.69, 9.17) is 11.6 Å². The maximum absolute atomic E-state index is 13.5. The highest BCUT2D eigenvalue weighted by molar-refractivity contribution is 6.20. The number of nitrogens with zero attached hydrogens (tertiary/aromatic N) is 1. The van der Waals surface area contributed by atoms with Crippen molar-refractivity contribution < 1.29 is 9.31 Å². The Balaban J connectivity index is 2.92. The summed E-state index contributed by atoms with van der Waals surface area (Å²) in [5.41, 5.74) is 0.253. The molecular formula is C13H17ClFNO2. The quantitative estimate of drug-likeness (QED) is 0.459. The van der Waals surface area contributed by atoms with E-state index in [0.29, 0.717) is 12.3 Å². The van der Waals surface area contributed by atoms with Crippen molar-refractivity contribution in [1.29, 1.82) is 0 Å². The molecular weight excluding hydrogens is 257 g/mol. The monoisotopic (exact) mass is 273 g/mol. The molecule has 0 heterocycles. The Kier molecular flexibility index (Phi) is 5.08. The van der Waals surface area contributed by atoms with Gasteiger partial charge >= 0.3 is 5.69 Å². The maximum atomic E-state index is 13.5. The predicted molar refractivity (Wildman–Crippen MR) is 70.4 cm³/mol. The Labute approximate surface area is 111 Å². The van der Waals surface area contributed by atoms with Crippen molar-refractivity contribution >= 4 is 17.3 Å². The first kappa shape index (κ1) is 14.9. The zero-order valence-electron chi connectivity index (χ0n) is 10.7. The van der Waals surface area contributed by atoms with E-state index < -0.39 is 16.4 Å². The molecule has 0 fully saturated rings. The lowest BCUT2D eigenvalue weighted by atomic mass is 9.87. The van der Waals surface area contributed by atoms with E-state index in [0.717, 1.165) is 5.56 Å². The molecule has 2 unspecified atom stereocenters. The fourth-order valence-electron chi connectivity index (χ4n) is 2.03. The van der Waals surface area contributed by atoms with Crippen molar-refractivity contribution in [3.63, 3.8) is 0 Å². The Morgan fingerprint density at radius 1 is 1.39 bits per heavy atom. The molecule has 0 N–H and O–H groups in total. The highest BCUT2D eigenvalue weighted by atomic mass is 35.5. The third-order valence-electron chi connectivity index (χ3n) is 3.13. The molecule has 1 aromatic carbocycles. The second-order valence-corrected chi connectivity index (χ2v) is 5.52. The van der Waals surface area contributed by atoms with E-state index in [9.17, 15) is 14.5 Å². The van der Waals surface area contributed by atoms with Gasteiger partial charge in [0.25, 0.3) is 0 Å². The largest absolute Gasteiger partial charge is 0.304 e. The highest BCUT2D eigenvalue weighted by Crippen LogP contribution is 2.26. The van der Waals surface area contributed by atoms with Gasteiger partial charge in [0.05, 0.1) is 4.92 Å². The summed E-state index contributed by atoms with van der Waals surface area (Å²) in [6.45, 7) is 6.03. The van der Waals surface area contributed by atoms with Crippen LogP contribution in [0.25, 0.3) is 0 Å². The van der Waals surface area contributed by atoms with Gasteiger partial charge in [0.15, 0.2) is 0 Å². The molecule has 1 rings (SSSR count). The second kappa shape index (κ2) is 6.14. The number of alkyl halides is 1. The standard InChI is InChI=1S/C13H17ClFNO2/c1-8(2)11(9(3)14)6-10-4-5-13(16(17)18)12(15)7-10/h4-5,7-9,11H,6H2,1-3H3. The van der Waals surface area contributed by atoms with Crippen LogP contribution in [0.4, 0.5) is 10.1 Å². The minimum absolute atomic E-state index is 0.0248. The fourth-order valence-corrected chi connectivity index (χ4v) is 2.41. The number of nitro benzene ring substituents is 1. The molecule has 5 heteroatoms. The zero-order chi connectivity index (χ0) is 13.9. The minimum Gasteiger partial charge on any atom is -0.258 e. The van der Waals surface area contributed by atoms with Crippen LogP contribution in [0.3, 0.4) is 0 Å². The summed E-state index contributed by atoms with van der Waals surface area (Å²) in [4.78, 5) is 9.80. The Hall–Kier alpha value is -1.16. The van der Waals surface area contributed by atoms with Crippen LogP contribution in [0.15, 0.2) is 18.2 Å². The lowest BCUT2D eigenvalue weighted by molar-refractivity contribution is -0.387. The van der Waals surface area contributed by atoms with Crippen molar-refractivity contribution in [2.45, 2.75) is 32.6 Å². The van der Waals surface area contributed by atoms with Crippen LogP contribution in [0, 0.1) is 27.8 Å². The second-order valence-electron chi connectivity index (χ2n) is 4.83. The third kappa shape index (κ3) is 3.67. The van der Waals surface area contributed by atoms with Gasteiger partial charge in [-0.1, -0.05) is 19.9 Å². The van der Waals surface area contributed by atoms with Gasteiger partial charge in [-0.15, -0.1) is 11.6 Å². The molecule has 0 aromatic heterocycles. The van der Waals surface area contributed by atoms with E-state index in [1.165, 1.54) is 12.1 Å². The zero-order valence-corrected chi connectivity index (χ0v) is 11.4. The molecule has 0 amide bonds. The van der Waals surface area contributed by atoms with Crippen LogP contribution in [0.5, 0.6) is 0 Å². The lowest BCUT2D eigenvalue weighted by Crippen LogP contribution is -2.20. The van der Waals surface area contributed by atoms with Crippen LogP contribution >= 0.6 is 11.6 Å². The van der Waals surface area contributed by atoms with Crippen molar-refractivity contribution in [3.05, 3.63) is 39.7 Å². The van der Waals surface area contributed by atoms with E-state index >= 15 is 0 Å². The van der Waals surface area contributed by atoms with E-state index in [1.54, 1.807) is 6.07 Å². The SMILES string of the molecule is CC(C)C(Cc1ccc([N+](=O)[O-])c(F)c1)C(C)Cl. The van der Waals surface area contributed by atoms with Crippen molar-refractivity contribution in [3.8, 4) is 0 Å². The molecule has 2 atom stereocenters. The number of hydrogen-bond acceptors (Lipinski definition) is 2. The predicted octanol–water partition coefficient (Wildman–Crippen LogP) is 4.18. The summed E-state index contributed by atoms with van der Waals surface area (Å²) in [6.07, 6.45) is 0.622. The Morgan fingerprint density at radius 2 is 2.00 bits per heavy atom. The first-order valence-electron chi connectivity index (χ1n) is 5.89. The van der Waals surface area contributed by atoms with Crippen LogP contribution in [-0.4, -0.2) is 10.3 Å². The molecule has 100 valence electrons. The highest BCUT2D eigenvalue weighted by Gasteiger charge is 2.21. The fraction of sp³-hybridized carbons (Fsp3) is 0.538. The van der Waals surface area contributed by atoms with Gasteiger partial charge < -0.3 is 0 Å². The molecule has 0 spiro atoms. The summed E-state index contributed by atoms with van der Waals surface area (Å²) in [5, 5.41) is 10.5. The number of benzene rings is 1. The summed E-state index contributed by atoms with van der Waals surface area (Å²) >= 11 is 6.11. The minimum atomic E-state index is -0.790. The van der Waals surface area contributed by atoms with Crippen LogP contribution in [0.2, 0.25) is 0 Å².